The minimum Gasteiger partial charge on any atom is -0.466 e. The van der Waals surface area contributed by atoms with E-state index in [1.54, 1.807) is 0 Å². The number of hydrogen-bond donors (Lipinski definition) is 5. The minimum atomic E-state index is -1.49. The van der Waals surface area contributed by atoms with Crippen molar-refractivity contribution in [1.82, 2.24) is 0 Å². The number of rotatable bonds is 4. The summed E-state index contributed by atoms with van der Waals surface area (Å²) in [5.41, 5.74) is 0. The summed E-state index contributed by atoms with van der Waals surface area (Å²) in [6, 6.07) is 0. The average Bonchev–Trinajstić information content (AvgIpc) is 2.64. The van der Waals surface area contributed by atoms with Crippen molar-refractivity contribution in [2.45, 2.75) is 44.0 Å². The lowest BCUT2D eigenvalue weighted by atomic mass is 10.1. The van der Waals surface area contributed by atoms with Gasteiger partial charge in [-0.05, 0) is 19.3 Å². The molecular formula is C11H22O7. The van der Waals surface area contributed by atoms with Gasteiger partial charge < -0.3 is 30.3 Å². The van der Waals surface area contributed by atoms with Crippen LogP contribution in [0, 0.1) is 0 Å². The lowest BCUT2D eigenvalue weighted by molar-refractivity contribution is -0.142. The average molecular weight is 266 g/mol. The first-order chi connectivity index (χ1) is 8.52. The predicted molar refractivity (Wildman–Crippen MR) is 61.6 cm³/mol. The van der Waals surface area contributed by atoms with E-state index in [0.29, 0.717) is 13.0 Å². The van der Waals surface area contributed by atoms with E-state index in [1.165, 1.54) is 0 Å². The predicted octanol–water partition coefficient (Wildman–Crippen LogP) is -1.84. The molecule has 2 unspecified atom stereocenters. The molecule has 0 aromatic carbocycles. The molecule has 1 aliphatic heterocycles. The third kappa shape index (κ3) is 7.57. The van der Waals surface area contributed by atoms with Crippen LogP contribution >= 0.6 is 0 Å². The molecule has 7 heteroatoms. The fraction of sp³-hybridized carbons (Fsp3) is 0.909. The summed E-state index contributed by atoms with van der Waals surface area (Å²) >= 11 is 0. The second-order valence-electron chi connectivity index (χ2n) is 4.02. The van der Waals surface area contributed by atoms with Crippen LogP contribution in [0.5, 0.6) is 0 Å². The highest BCUT2D eigenvalue weighted by atomic mass is 16.5. The smallest absolute Gasteiger partial charge is 0.305 e. The molecule has 1 heterocycles. The maximum absolute atomic E-state index is 10.5. The van der Waals surface area contributed by atoms with Gasteiger partial charge in [0.15, 0.2) is 0 Å². The van der Waals surface area contributed by atoms with Crippen molar-refractivity contribution in [1.29, 1.82) is 0 Å². The zero-order valence-electron chi connectivity index (χ0n) is 10.2. The fourth-order valence-corrected chi connectivity index (χ4v) is 1.28. The Kier molecular flexibility index (Phi) is 9.80. The lowest BCUT2D eigenvalue weighted by Gasteiger charge is -2.19. The van der Waals surface area contributed by atoms with Crippen LogP contribution in [0.3, 0.4) is 0 Å². The third-order valence-electron chi connectivity index (χ3n) is 2.45. The largest absolute Gasteiger partial charge is 0.466 e. The number of esters is 1. The van der Waals surface area contributed by atoms with Gasteiger partial charge in [0.2, 0.25) is 0 Å². The summed E-state index contributed by atoms with van der Waals surface area (Å²) in [5, 5.41) is 42.6. The second-order valence-corrected chi connectivity index (χ2v) is 4.02. The molecular weight excluding hydrogens is 244 g/mol. The number of ether oxygens (including phenoxy) is 1. The highest BCUT2D eigenvalue weighted by molar-refractivity contribution is 5.69. The summed E-state index contributed by atoms with van der Waals surface area (Å²) in [5.74, 6) is -0.0255. The van der Waals surface area contributed by atoms with Gasteiger partial charge in [-0.25, -0.2) is 0 Å². The summed E-state index contributed by atoms with van der Waals surface area (Å²) < 4.78 is 4.76. The lowest BCUT2D eigenvalue weighted by Crippen LogP contribution is -2.41. The first-order valence-corrected chi connectivity index (χ1v) is 5.94. The van der Waals surface area contributed by atoms with E-state index in [1.807, 2.05) is 0 Å². The number of carbonyl (C=O) groups is 1. The van der Waals surface area contributed by atoms with Crippen LogP contribution in [0.1, 0.15) is 25.7 Å². The van der Waals surface area contributed by atoms with E-state index >= 15 is 0 Å². The number of aliphatic hydroxyl groups excluding tert-OH is 5. The van der Waals surface area contributed by atoms with E-state index in [9.17, 15) is 4.79 Å². The van der Waals surface area contributed by atoms with Crippen LogP contribution in [0.4, 0.5) is 0 Å². The number of cyclic esters (lactones) is 1. The van der Waals surface area contributed by atoms with Crippen LogP contribution in [0.25, 0.3) is 0 Å². The maximum atomic E-state index is 10.5. The molecule has 18 heavy (non-hydrogen) atoms. The molecule has 1 fully saturated rings. The van der Waals surface area contributed by atoms with Crippen molar-refractivity contribution < 1.29 is 35.1 Å². The summed E-state index contributed by atoms with van der Waals surface area (Å²) in [6.07, 6.45) is -0.463. The van der Waals surface area contributed by atoms with Gasteiger partial charge in [-0.1, -0.05) is 0 Å². The standard InChI is InChI=1S/C6H10O2.C5H12O5/c7-6-4-2-1-3-5-8-6;6-1-3(8)5(10)4(9)2-7/h1-5H2;3-10H,1-2H2. The Bertz CT molecular complexity index is 201. The Labute approximate surface area is 106 Å². The van der Waals surface area contributed by atoms with Gasteiger partial charge in [-0.3, -0.25) is 4.79 Å². The van der Waals surface area contributed by atoms with Crippen LogP contribution in [0.2, 0.25) is 0 Å². The number of carbonyl (C=O) groups excluding carboxylic acids is 1. The van der Waals surface area contributed by atoms with Crippen LogP contribution in [-0.4, -0.2) is 69.6 Å². The molecule has 0 aromatic heterocycles. The Morgan fingerprint density at radius 1 is 1.00 bits per heavy atom. The van der Waals surface area contributed by atoms with Gasteiger partial charge >= 0.3 is 5.97 Å². The molecule has 1 rings (SSSR count). The third-order valence-corrected chi connectivity index (χ3v) is 2.45. The summed E-state index contributed by atoms with van der Waals surface area (Å²) in [4.78, 5) is 10.5. The first-order valence-electron chi connectivity index (χ1n) is 5.94. The van der Waals surface area contributed by atoms with Gasteiger partial charge in [0, 0.05) is 6.42 Å². The summed E-state index contributed by atoms with van der Waals surface area (Å²) in [7, 11) is 0. The fourth-order valence-electron chi connectivity index (χ4n) is 1.28. The Morgan fingerprint density at radius 2 is 1.56 bits per heavy atom. The van der Waals surface area contributed by atoms with Crippen molar-refractivity contribution >= 4 is 5.97 Å². The highest BCUT2D eigenvalue weighted by Gasteiger charge is 2.22. The molecule has 0 saturated carbocycles. The van der Waals surface area contributed by atoms with Crippen molar-refractivity contribution in [3.63, 3.8) is 0 Å². The van der Waals surface area contributed by atoms with Gasteiger partial charge in [0.05, 0.1) is 19.8 Å². The monoisotopic (exact) mass is 266 g/mol. The Balaban J connectivity index is 0.000000327. The van der Waals surface area contributed by atoms with Crippen LogP contribution < -0.4 is 0 Å². The molecule has 0 bridgehead atoms. The van der Waals surface area contributed by atoms with Crippen molar-refractivity contribution in [2.24, 2.45) is 0 Å². The van der Waals surface area contributed by atoms with Crippen molar-refractivity contribution in [2.75, 3.05) is 19.8 Å². The molecule has 7 nitrogen and oxygen atoms in total. The maximum Gasteiger partial charge on any atom is 0.305 e. The molecule has 108 valence electrons. The quantitative estimate of drug-likeness (QED) is 0.378. The van der Waals surface area contributed by atoms with Gasteiger partial charge in [-0.15, -0.1) is 0 Å². The number of hydrogen-bond acceptors (Lipinski definition) is 7. The Morgan fingerprint density at radius 3 is 2.06 bits per heavy atom. The number of aliphatic hydroxyl groups is 5. The molecule has 0 aromatic rings. The van der Waals surface area contributed by atoms with E-state index in [0.717, 1.165) is 19.3 Å². The second kappa shape index (κ2) is 10.2. The van der Waals surface area contributed by atoms with E-state index in [-0.39, 0.29) is 5.97 Å². The highest BCUT2D eigenvalue weighted by Crippen LogP contribution is 2.06. The molecule has 0 radical (unpaired) electrons. The zero-order valence-corrected chi connectivity index (χ0v) is 10.2. The van der Waals surface area contributed by atoms with Crippen molar-refractivity contribution in [3.8, 4) is 0 Å². The molecule has 2 atom stereocenters. The van der Waals surface area contributed by atoms with E-state index in [2.05, 4.69) is 0 Å². The van der Waals surface area contributed by atoms with Crippen LogP contribution in [-0.2, 0) is 9.53 Å². The SMILES string of the molecule is O=C1CCCCCO1.OCC(O)C(O)C(O)CO. The van der Waals surface area contributed by atoms with E-state index < -0.39 is 31.5 Å². The molecule has 0 aliphatic carbocycles. The molecule has 1 saturated heterocycles. The topological polar surface area (TPSA) is 127 Å². The van der Waals surface area contributed by atoms with E-state index in [4.69, 9.17) is 30.3 Å². The van der Waals surface area contributed by atoms with Gasteiger partial charge in [0.25, 0.3) is 0 Å². The Hall–Kier alpha value is -0.730. The van der Waals surface area contributed by atoms with Gasteiger partial charge in [0.1, 0.15) is 18.3 Å². The molecule has 1 aliphatic rings. The normalized spacial score (nSPS) is 20.8. The molecule has 0 spiro atoms. The van der Waals surface area contributed by atoms with Crippen molar-refractivity contribution in [3.05, 3.63) is 0 Å². The van der Waals surface area contributed by atoms with Crippen LogP contribution in [0.15, 0.2) is 0 Å². The summed E-state index contributed by atoms with van der Waals surface area (Å²) in [6.45, 7) is -0.644. The molecule has 5 N–H and O–H groups in total. The van der Waals surface area contributed by atoms with Gasteiger partial charge in [-0.2, -0.15) is 0 Å². The zero-order chi connectivity index (χ0) is 14.0. The molecule has 0 amide bonds. The first kappa shape index (κ1) is 17.3. The minimum absolute atomic E-state index is 0.0255.